The molecule has 1 N–H and O–H groups in total. The fourth-order valence-electron chi connectivity index (χ4n) is 4.85. The van der Waals surface area contributed by atoms with Crippen molar-refractivity contribution in [2.24, 2.45) is 0 Å². The van der Waals surface area contributed by atoms with Gasteiger partial charge in [0, 0.05) is 43.9 Å². The monoisotopic (exact) mass is 410 g/mol. The van der Waals surface area contributed by atoms with Crippen LogP contribution < -0.4 is 10.1 Å². The maximum absolute atomic E-state index is 5.88. The molecule has 1 saturated carbocycles. The summed E-state index contributed by atoms with van der Waals surface area (Å²) in [6, 6.07) is 16.9. The molecule has 0 amide bonds. The van der Waals surface area contributed by atoms with Crippen LogP contribution in [0.15, 0.2) is 48.5 Å². The largest absolute Gasteiger partial charge is 0.496 e. The topological polar surface area (TPSA) is 43.0 Å². The van der Waals surface area contributed by atoms with E-state index in [1.807, 2.05) is 0 Å². The number of rotatable bonds is 9. The molecule has 0 bridgehead atoms. The Balaban J connectivity index is 1.44. The van der Waals surface area contributed by atoms with Gasteiger partial charge >= 0.3 is 0 Å². The molecule has 0 radical (unpaired) electrons. The molecule has 5 heteroatoms. The average molecular weight is 411 g/mol. The van der Waals surface area contributed by atoms with E-state index in [4.69, 9.17) is 14.2 Å². The summed E-state index contributed by atoms with van der Waals surface area (Å²) in [5.41, 5.74) is 3.81. The smallest absolute Gasteiger partial charge is 0.123 e. The second kappa shape index (κ2) is 9.92. The fraction of sp³-hybridized carbons (Fsp3) is 0.520. The maximum Gasteiger partial charge on any atom is 0.123 e. The van der Waals surface area contributed by atoms with Crippen molar-refractivity contribution in [3.63, 3.8) is 0 Å². The van der Waals surface area contributed by atoms with Crippen molar-refractivity contribution in [2.75, 3.05) is 46.6 Å². The Bertz CT molecular complexity index is 799. The predicted molar refractivity (Wildman–Crippen MR) is 120 cm³/mol. The lowest BCUT2D eigenvalue weighted by Crippen LogP contribution is -2.66. The van der Waals surface area contributed by atoms with Gasteiger partial charge < -0.3 is 19.5 Å². The van der Waals surface area contributed by atoms with Gasteiger partial charge in [0.25, 0.3) is 0 Å². The standard InChI is InChI=1S/C25H34N2O3/c1-3-30-23-16-25(17-23,27-11-13-29-14-12-27)19-26-18-22-15-21(9-10-24(22)28-2)20-7-5-4-6-8-20/h4-10,15,23,26H,3,11-14,16-19H2,1-2H3. The van der Waals surface area contributed by atoms with E-state index in [0.717, 1.165) is 64.6 Å². The summed E-state index contributed by atoms with van der Waals surface area (Å²) >= 11 is 0. The minimum atomic E-state index is 0.174. The van der Waals surface area contributed by atoms with Crippen LogP contribution in [0.25, 0.3) is 11.1 Å². The van der Waals surface area contributed by atoms with Crippen LogP contribution in [0.5, 0.6) is 5.75 Å². The van der Waals surface area contributed by atoms with Crippen LogP contribution in [0.2, 0.25) is 0 Å². The SMILES string of the molecule is CCOC1CC(CNCc2cc(-c3ccccc3)ccc2OC)(N2CCOCC2)C1. The van der Waals surface area contributed by atoms with Crippen LogP contribution in [0.3, 0.4) is 0 Å². The van der Waals surface area contributed by atoms with E-state index in [1.165, 1.54) is 16.7 Å². The predicted octanol–water partition coefficient (Wildman–Crippen LogP) is 3.72. The van der Waals surface area contributed by atoms with E-state index in [-0.39, 0.29) is 5.54 Å². The summed E-state index contributed by atoms with van der Waals surface area (Å²) in [6.07, 6.45) is 2.57. The zero-order valence-electron chi connectivity index (χ0n) is 18.2. The first-order valence-electron chi connectivity index (χ1n) is 11.1. The van der Waals surface area contributed by atoms with Gasteiger partial charge in [-0.15, -0.1) is 0 Å². The Morgan fingerprint density at radius 1 is 1.07 bits per heavy atom. The molecule has 1 heterocycles. The number of methoxy groups -OCH3 is 1. The van der Waals surface area contributed by atoms with Crippen LogP contribution in [0.4, 0.5) is 0 Å². The van der Waals surface area contributed by atoms with Crippen LogP contribution in [-0.4, -0.2) is 63.1 Å². The fourth-order valence-corrected chi connectivity index (χ4v) is 4.85. The van der Waals surface area contributed by atoms with Crippen LogP contribution >= 0.6 is 0 Å². The minimum Gasteiger partial charge on any atom is -0.496 e. The van der Waals surface area contributed by atoms with E-state index in [0.29, 0.717) is 6.10 Å². The van der Waals surface area contributed by atoms with Gasteiger partial charge in [-0.05, 0) is 43.0 Å². The molecular formula is C25H34N2O3. The number of hydrogen-bond donors (Lipinski definition) is 1. The summed E-state index contributed by atoms with van der Waals surface area (Å²) in [5, 5.41) is 3.74. The first-order valence-corrected chi connectivity index (χ1v) is 11.1. The first-order chi connectivity index (χ1) is 14.7. The van der Waals surface area contributed by atoms with Crippen LogP contribution in [0.1, 0.15) is 25.3 Å². The summed E-state index contributed by atoms with van der Waals surface area (Å²) < 4.78 is 17.1. The van der Waals surface area contributed by atoms with Gasteiger partial charge in [0.15, 0.2) is 0 Å². The third-order valence-electron chi connectivity index (χ3n) is 6.46. The molecule has 0 unspecified atom stereocenters. The van der Waals surface area contributed by atoms with E-state index < -0.39 is 0 Å². The maximum atomic E-state index is 5.88. The molecule has 1 aliphatic carbocycles. The number of morpholine rings is 1. The van der Waals surface area contributed by atoms with Gasteiger partial charge in [-0.3, -0.25) is 4.90 Å². The second-order valence-electron chi connectivity index (χ2n) is 8.31. The highest BCUT2D eigenvalue weighted by Gasteiger charge is 2.48. The lowest BCUT2D eigenvalue weighted by Gasteiger charge is -2.55. The van der Waals surface area contributed by atoms with Gasteiger partial charge in [-0.2, -0.15) is 0 Å². The van der Waals surface area contributed by atoms with Crippen molar-refractivity contribution in [3.8, 4) is 16.9 Å². The van der Waals surface area contributed by atoms with E-state index in [1.54, 1.807) is 7.11 Å². The van der Waals surface area contributed by atoms with Gasteiger partial charge in [-0.1, -0.05) is 36.4 Å². The summed E-state index contributed by atoms with van der Waals surface area (Å²) in [5.74, 6) is 0.934. The van der Waals surface area contributed by atoms with Crippen molar-refractivity contribution in [1.82, 2.24) is 10.2 Å². The molecule has 0 aromatic heterocycles. The third kappa shape index (κ3) is 4.70. The number of nitrogens with zero attached hydrogens (tertiary/aromatic N) is 1. The molecule has 1 saturated heterocycles. The van der Waals surface area contributed by atoms with Gasteiger partial charge in [0.2, 0.25) is 0 Å². The van der Waals surface area contributed by atoms with Crippen LogP contribution in [-0.2, 0) is 16.0 Å². The Morgan fingerprint density at radius 3 is 2.53 bits per heavy atom. The Kier molecular flexibility index (Phi) is 7.05. The Labute approximate surface area is 180 Å². The molecule has 0 atom stereocenters. The molecule has 2 aliphatic rings. The van der Waals surface area contributed by atoms with Crippen molar-refractivity contribution in [2.45, 2.75) is 38.0 Å². The van der Waals surface area contributed by atoms with Gasteiger partial charge in [-0.25, -0.2) is 0 Å². The highest BCUT2D eigenvalue weighted by molar-refractivity contribution is 5.65. The summed E-state index contributed by atoms with van der Waals surface area (Å²) in [4.78, 5) is 2.61. The second-order valence-corrected chi connectivity index (χ2v) is 8.31. The Morgan fingerprint density at radius 2 is 1.83 bits per heavy atom. The highest BCUT2D eigenvalue weighted by Crippen LogP contribution is 2.40. The third-order valence-corrected chi connectivity index (χ3v) is 6.46. The molecule has 4 rings (SSSR count). The molecule has 2 fully saturated rings. The normalized spacial score (nSPS) is 24.4. The minimum absolute atomic E-state index is 0.174. The molecule has 1 aliphatic heterocycles. The van der Waals surface area contributed by atoms with E-state index in [9.17, 15) is 0 Å². The average Bonchev–Trinajstić information content (AvgIpc) is 2.78. The van der Waals surface area contributed by atoms with Crippen molar-refractivity contribution in [3.05, 3.63) is 54.1 Å². The number of ether oxygens (including phenoxy) is 3. The number of benzene rings is 2. The summed E-state index contributed by atoms with van der Waals surface area (Å²) in [6.45, 7) is 8.28. The first kappa shape index (κ1) is 21.3. The van der Waals surface area contributed by atoms with E-state index in [2.05, 4.69) is 65.7 Å². The molecule has 0 spiro atoms. The lowest BCUT2D eigenvalue weighted by molar-refractivity contribution is -0.125. The molecular weight excluding hydrogens is 376 g/mol. The van der Waals surface area contributed by atoms with Crippen molar-refractivity contribution in [1.29, 1.82) is 0 Å². The van der Waals surface area contributed by atoms with Crippen molar-refractivity contribution < 1.29 is 14.2 Å². The Hall–Kier alpha value is -1.92. The molecule has 162 valence electrons. The molecule has 5 nitrogen and oxygen atoms in total. The zero-order valence-corrected chi connectivity index (χ0v) is 18.2. The zero-order chi connectivity index (χ0) is 20.8. The summed E-state index contributed by atoms with van der Waals surface area (Å²) in [7, 11) is 1.74. The highest BCUT2D eigenvalue weighted by atomic mass is 16.5. The lowest BCUT2D eigenvalue weighted by atomic mass is 9.72. The molecule has 30 heavy (non-hydrogen) atoms. The van der Waals surface area contributed by atoms with Crippen LogP contribution in [0, 0.1) is 0 Å². The number of hydrogen-bond acceptors (Lipinski definition) is 5. The molecule has 2 aromatic rings. The molecule has 2 aromatic carbocycles. The van der Waals surface area contributed by atoms with Crippen molar-refractivity contribution >= 4 is 0 Å². The quantitative estimate of drug-likeness (QED) is 0.683. The van der Waals surface area contributed by atoms with Gasteiger partial charge in [0.1, 0.15) is 5.75 Å². The van der Waals surface area contributed by atoms with Gasteiger partial charge in [0.05, 0.1) is 26.4 Å². The van der Waals surface area contributed by atoms with E-state index >= 15 is 0 Å². The number of nitrogens with one attached hydrogen (secondary N) is 1.